The second kappa shape index (κ2) is 22.0. The SMILES string of the molecule is CC(C)(C)OC(=O)CCN1CCOC(c2ccc(C(=O)c3c(Cl)cccc3Cl)cc2)C1.CC(C)(C)OC(=O)CCN1CCOC(c2ccc(C(=O)c3cccc(C(F)(F)F)c3)cc2)C1. The number of ketones is 2. The van der Waals surface area contributed by atoms with E-state index in [2.05, 4.69) is 9.80 Å². The molecule has 2 saturated heterocycles. The molecule has 0 aliphatic carbocycles. The van der Waals surface area contributed by atoms with E-state index >= 15 is 0 Å². The number of carbonyl (C=O) groups excluding carboxylic acids is 4. The Morgan fingerprint density at radius 3 is 1.45 bits per heavy atom. The van der Waals surface area contributed by atoms with E-state index in [0.29, 0.717) is 79.1 Å². The zero-order valence-corrected chi connectivity index (χ0v) is 38.4. The third kappa shape index (κ3) is 15.2. The Morgan fingerprint density at radius 2 is 1.03 bits per heavy atom. The molecule has 2 aliphatic heterocycles. The van der Waals surface area contributed by atoms with Gasteiger partial charge in [0, 0.05) is 56.0 Å². The molecule has 2 unspecified atom stereocenters. The van der Waals surface area contributed by atoms with Crippen LogP contribution in [0, 0.1) is 0 Å². The van der Waals surface area contributed by atoms with E-state index in [1.54, 1.807) is 54.6 Å². The van der Waals surface area contributed by atoms with Crippen LogP contribution in [-0.2, 0) is 34.7 Å². The fourth-order valence-corrected chi connectivity index (χ4v) is 7.63. The van der Waals surface area contributed by atoms with Crippen molar-refractivity contribution in [3.8, 4) is 0 Å². The van der Waals surface area contributed by atoms with Crippen LogP contribution in [0.2, 0.25) is 10.0 Å². The summed E-state index contributed by atoms with van der Waals surface area (Å²) in [6.45, 7) is 16.1. The molecule has 2 aliphatic rings. The number of esters is 2. The van der Waals surface area contributed by atoms with Crippen LogP contribution in [0.5, 0.6) is 0 Å². The van der Waals surface area contributed by atoms with Gasteiger partial charge in [-0.15, -0.1) is 0 Å². The molecule has 0 aromatic heterocycles. The predicted octanol–water partition coefficient (Wildman–Crippen LogP) is 10.4. The maximum Gasteiger partial charge on any atom is 0.416 e. The quantitative estimate of drug-likeness (QED) is 0.101. The van der Waals surface area contributed by atoms with Crippen LogP contribution in [0.15, 0.2) is 91.0 Å². The van der Waals surface area contributed by atoms with E-state index in [4.69, 9.17) is 42.1 Å². The minimum absolute atomic E-state index is 0.0141. The van der Waals surface area contributed by atoms with Crippen molar-refractivity contribution in [2.45, 2.75) is 84.0 Å². The molecule has 15 heteroatoms. The van der Waals surface area contributed by atoms with Gasteiger partial charge in [0.25, 0.3) is 0 Å². The molecule has 4 aromatic rings. The maximum atomic E-state index is 12.9. The summed E-state index contributed by atoms with van der Waals surface area (Å²) in [5.41, 5.74) is 1.09. The highest BCUT2D eigenvalue weighted by Gasteiger charge is 2.31. The van der Waals surface area contributed by atoms with Crippen molar-refractivity contribution in [1.82, 2.24) is 9.80 Å². The number of ether oxygens (including phenoxy) is 4. The summed E-state index contributed by atoms with van der Waals surface area (Å²) >= 11 is 12.3. The Labute approximate surface area is 382 Å². The number of halogens is 5. The Kier molecular flexibility index (Phi) is 17.3. The van der Waals surface area contributed by atoms with Crippen molar-refractivity contribution in [3.05, 3.63) is 140 Å². The highest BCUT2D eigenvalue weighted by atomic mass is 35.5. The van der Waals surface area contributed by atoms with Crippen molar-refractivity contribution < 1.29 is 51.3 Å². The van der Waals surface area contributed by atoms with Crippen LogP contribution in [-0.4, -0.2) is 97.0 Å². The lowest BCUT2D eigenvalue weighted by Gasteiger charge is -2.33. The molecular formula is C49H55Cl2F3N2O8. The summed E-state index contributed by atoms with van der Waals surface area (Å²) in [6.07, 6.45) is -4.23. The fourth-order valence-electron chi connectivity index (χ4n) is 7.06. The molecule has 0 radical (unpaired) electrons. The third-order valence-electron chi connectivity index (χ3n) is 10.1. The summed E-state index contributed by atoms with van der Waals surface area (Å²) in [4.78, 5) is 53.8. The van der Waals surface area contributed by atoms with Crippen molar-refractivity contribution in [2.24, 2.45) is 0 Å². The molecule has 6 rings (SSSR count). The van der Waals surface area contributed by atoms with Gasteiger partial charge in [-0.3, -0.25) is 29.0 Å². The van der Waals surface area contributed by atoms with Crippen LogP contribution >= 0.6 is 23.2 Å². The lowest BCUT2D eigenvalue weighted by molar-refractivity contribution is -0.156. The number of benzene rings is 4. The zero-order valence-electron chi connectivity index (χ0n) is 36.9. The molecule has 0 bridgehead atoms. The smallest absolute Gasteiger partial charge is 0.416 e. The molecule has 2 atom stereocenters. The van der Waals surface area contributed by atoms with Gasteiger partial charge in [0.15, 0.2) is 11.6 Å². The predicted molar refractivity (Wildman–Crippen MR) is 239 cm³/mol. The topological polar surface area (TPSA) is 112 Å². The van der Waals surface area contributed by atoms with Crippen molar-refractivity contribution in [3.63, 3.8) is 0 Å². The maximum absolute atomic E-state index is 12.9. The van der Waals surface area contributed by atoms with E-state index in [0.717, 1.165) is 29.8 Å². The molecule has 2 fully saturated rings. The summed E-state index contributed by atoms with van der Waals surface area (Å²) in [6, 6.07) is 23.4. The van der Waals surface area contributed by atoms with Crippen LogP contribution < -0.4 is 0 Å². The van der Waals surface area contributed by atoms with Crippen LogP contribution in [0.1, 0.15) is 115 Å². The third-order valence-corrected chi connectivity index (χ3v) is 10.8. The summed E-state index contributed by atoms with van der Waals surface area (Å²) in [5.74, 6) is -1.14. The van der Waals surface area contributed by atoms with Gasteiger partial charge in [-0.2, -0.15) is 13.2 Å². The average molecular weight is 928 g/mol. The van der Waals surface area contributed by atoms with Crippen LogP contribution in [0.25, 0.3) is 0 Å². The van der Waals surface area contributed by atoms with Gasteiger partial charge < -0.3 is 18.9 Å². The second-order valence-electron chi connectivity index (χ2n) is 17.6. The van der Waals surface area contributed by atoms with Gasteiger partial charge in [0.05, 0.1) is 59.4 Å². The minimum Gasteiger partial charge on any atom is -0.460 e. The molecule has 0 saturated carbocycles. The molecule has 0 N–H and O–H groups in total. The van der Waals surface area contributed by atoms with Gasteiger partial charge in [-0.05, 0) is 76.9 Å². The van der Waals surface area contributed by atoms with Crippen molar-refractivity contribution >= 4 is 46.7 Å². The standard InChI is InChI=1S/C25H28F3NO4.C24H27Cl2NO4/c1-24(2,3)33-22(30)11-12-29-13-14-32-21(16-29)17-7-9-18(10-8-17)23(31)19-5-4-6-20(15-19)25(26,27)28;1-24(2,3)31-21(28)11-12-27-13-14-30-20(15-27)16-7-9-17(10-8-16)23(29)22-18(25)5-4-6-19(22)26/h4-10,15,21H,11-14,16H2,1-3H3;4-10,20H,11-15H2,1-3H3. The number of rotatable bonds is 12. The number of alkyl halides is 3. The van der Waals surface area contributed by atoms with E-state index in [-0.39, 0.29) is 41.9 Å². The molecule has 64 heavy (non-hydrogen) atoms. The molecule has 0 amide bonds. The molecule has 4 aromatic carbocycles. The highest BCUT2D eigenvalue weighted by molar-refractivity contribution is 6.41. The molecule has 10 nitrogen and oxygen atoms in total. The van der Waals surface area contributed by atoms with Crippen molar-refractivity contribution in [2.75, 3.05) is 52.5 Å². The number of hydrogen-bond donors (Lipinski definition) is 0. The normalized spacial score (nSPS) is 17.5. The Hall–Kier alpha value is -4.63. The van der Waals surface area contributed by atoms with Crippen molar-refractivity contribution in [1.29, 1.82) is 0 Å². The highest BCUT2D eigenvalue weighted by Crippen LogP contribution is 2.31. The first kappa shape index (κ1) is 50.4. The van der Waals surface area contributed by atoms with E-state index < -0.39 is 28.7 Å². The second-order valence-corrected chi connectivity index (χ2v) is 18.4. The lowest BCUT2D eigenvalue weighted by Crippen LogP contribution is -2.40. The summed E-state index contributed by atoms with van der Waals surface area (Å²) in [7, 11) is 0. The molecule has 344 valence electrons. The first-order valence-corrected chi connectivity index (χ1v) is 21.8. The van der Waals surface area contributed by atoms with Crippen LogP contribution in [0.4, 0.5) is 13.2 Å². The molecule has 0 spiro atoms. The summed E-state index contributed by atoms with van der Waals surface area (Å²) in [5, 5.41) is 0.663. The van der Waals surface area contributed by atoms with Gasteiger partial charge in [0.1, 0.15) is 11.2 Å². The summed E-state index contributed by atoms with van der Waals surface area (Å²) < 4.78 is 61.3. The molecular weight excluding hydrogens is 872 g/mol. The van der Waals surface area contributed by atoms with Gasteiger partial charge in [-0.25, -0.2) is 0 Å². The van der Waals surface area contributed by atoms with Crippen LogP contribution in [0.3, 0.4) is 0 Å². The van der Waals surface area contributed by atoms with Gasteiger partial charge in [0.2, 0.25) is 0 Å². The monoisotopic (exact) mass is 926 g/mol. The van der Waals surface area contributed by atoms with E-state index in [9.17, 15) is 32.3 Å². The number of nitrogens with zero attached hydrogens (tertiary/aromatic N) is 2. The number of morpholine rings is 2. The first-order valence-electron chi connectivity index (χ1n) is 21.1. The fraction of sp³-hybridized carbons (Fsp3) is 0.429. The van der Waals surface area contributed by atoms with Gasteiger partial charge >= 0.3 is 18.1 Å². The minimum atomic E-state index is -4.51. The van der Waals surface area contributed by atoms with Gasteiger partial charge in [-0.1, -0.05) is 89.9 Å². The zero-order chi connectivity index (χ0) is 46.8. The Morgan fingerprint density at radius 1 is 0.609 bits per heavy atom. The molecule has 2 heterocycles. The average Bonchev–Trinajstić information content (AvgIpc) is 3.24. The number of hydrogen-bond acceptors (Lipinski definition) is 10. The number of carbonyl (C=O) groups is 4. The van der Waals surface area contributed by atoms with E-state index in [1.807, 2.05) is 53.7 Å². The first-order chi connectivity index (χ1) is 30.1. The largest absolute Gasteiger partial charge is 0.460 e. The Balaban J connectivity index is 0.000000241. The van der Waals surface area contributed by atoms with E-state index in [1.165, 1.54) is 12.1 Å². The Bertz CT molecular complexity index is 2220. The lowest BCUT2D eigenvalue weighted by atomic mass is 9.98.